The van der Waals surface area contributed by atoms with Crippen molar-refractivity contribution < 1.29 is 14.3 Å². The zero-order valence-corrected chi connectivity index (χ0v) is 17.6. The van der Waals surface area contributed by atoms with Gasteiger partial charge in [0.05, 0.1) is 18.5 Å². The summed E-state index contributed by atoms with van der Waals surface area (Å²) >= 11 is 0. The highest BCUT2D eigenvalue weighted by molar-refractivity contribution is 5.67. The highest BCUT2D eigenvalue weighted by Gasteiger charge is 2.43. The number of nitrogen functional groups attached to an aromatic ring is 1. The van der Waals surface area contributed by atoms with Gasteiger partial charge in [-0.3, -0.25) is 0 Å². The molecule has 2 atom stereocenters. The lowest BCUT2D eigenvalue weighted by molar-refractivity contribution is 0.0796. The molecule has 1 saturated carbocycles. The lowest BCUT2D eigenvalue weighted by atomic mass is 9.91. The van der Waals surface area contributed by atoms with Crippen LogP contribution in [0, 0.1) is 24.7 Å². The van der Waals surface area contributed by atoms with Gasteiger partial charge >= 0.3 is 6.09 Å². The van der Waals surface area contributed by atoms with Crippen molar-refractivity contribution in [3.05, 3.63) is 53.7 Å². The van der Waals surface area contributed by atoms with E-state index in [-0.39, 0.29) is 6.09 Å². The van der Waals surface area contributed by atoms with Crippen LogP contribution in [0.15, 0.2) is 42.6 Å². The molecule has 1 saturated heterocycles. The van der Waals surface area contributed by atoms with Crippen molar-refractivity contribution in [3.63, 3.8) is 0 Å². The number of carbonyl (C=O) groups is 1. The number of likely N-dealkylation sites (tertiary alicyclic amines) is 1. The van der Waals surface area contributed by atoms with Gasteiger partial charge in [-0.1, -0.05) is 30.3 Å². The van der Waals surface area contributed by atoms with Gasteiger partial charge in [0.25, 0.3) is 0 Å². The first-order valence-corrected chi connectivity index (χ1v) is 10.9. The Morgan fingerprint density at radius 3 is 2.73 bits per heavy atom. The second-order valence-corrected chi connectivity index (χ2v) is 8.55. The molecule has 2 N–H and O–H groups in total. The van der Waals surface area contributed by atoms with Crippen LogP contribution in [0.1, 0.15) is 36.8 Å². The molecule has 0 spiro atoms. The van der Waals surface area contributed by atoms with E-state index in [4.69, 9.17) is 15.2 Å². The molecule has 0 unspecified atom stereocenters. The second-order valence-electron chi connectivity index (χ2n) is 8.55. The molecule has 1 aliphatic heterocycles. The monoisotopic (exact) mass is 409 g/mol. The number of hydrogen-bond acceptors (Lipinski definition) is 5. The van der Waals surface area contributed by atoms with Crippen molar-refractivity contribution in [1.29, 1.82) is 0 Å². The molecule has 0 radical (unpaired) electrons. The standard InChI is InChI=1S/C24H31N3O3/c1-17-13-21(25)15-26-23(17)29-12-9-20-14-22(20)19-7-10-27(11-8-19)24(28)30-16-18-5-3-2-4-6-18/h2-6,13,15,19-20,22H,7-12,14,16,25H2,1H3/t20-,22-/m1/s1. The third-order valence-corrected chi connectivity index (χ3v) is 6.36. The van der Waals surface area contributed by atoms with E-state index in [9.17, 15) is 4.79 Å². The number of ether oxygens (including phenoxy) is 2. The molecule has 2 aromatic rings. The number of benzene rings is 1. The van der Waals surface area contributed by atoms with Gasteiger partial charge in [-0.2, -0.15) is 0 Å². The number of amides is 1. The SMILES string of the molecule is Cc1cc(N)cnc1OCC[C@@H]1C[C@@H]1C1CCN(C(=O)OCc2ccccc2)CC1. The van der Waals surface area contributed by atoms with Crippen LogP contribution in [0.3, 0.4) is 0 Å². The van der Waals surface area contributed by atoms with E-state index in [2.05, 4.69) is 4.98 Å². The summed E-state index contributed by atoms with van der Waals surface area (Å²) in [7, 11) is 0. The maximum atomic E-state index is 12.3. The Morgan fingerprint density at radius 1 is 1.23 bits per heavy atom. The molecule has 1 amide bonds. The van der Waals surface area contributed by atoms with Crippen LogP contribution in [-0.2, 0) is 11.3 Å². The summed E-state index contributed by atoms with van der Waals surface area (Å²) in [5, 5.41) is 0. The minimum absolute atomic E-state index is 0.190. The molecule has 6 heteroatoms. The number of piperidine rings is 1. The van der Waals surface area contributed by atoms with Gasteiger partial charge in [-0.25, -0.2) is 9.78 Å². The van der Waals surface area contributed by atoms with Crippen LogP contribution in [-0.4, -0.2) is 35.7 Å². The van der Waals surface area contributed by atoms with E-state index in [1.54, 1.807) is 6.20 Å². The van der Waals surface area contributed by atoms with Crippen LogP contribution >= 0.6 is 0 Å². The quantitative estimate of drug-likeness (QED) is 0.732. The van der Waals surface area contributed by atoms with Crippen LogP contribution in [0.25, 0.3) is 0 Å². The van der Waals surface area contributed by atoms with Crippen LogP contribution in [0.2, 0.25) is 0 Å². The van der Waals surface area contributed by atoms with E-state index in [0.29, 0.717) is 30.7 Å². The first-order valence-electron chi connectivity index (χ1n) is 10.9. The van der Waals surface area contributed by atoms with Gasteiger partial charge in [0, 0.05) is 18.7 Å². The minimum Gasteiger partial charge on any atom is -0.477 e. The Labute approximate surface area is 178 Å². The molecule has 4 rings (SSSR count). The Morgan fingerprint density at radius 2 is 2.00 bits per heavy atom. The molecule has 1 aromatic carbocycles. The van der Waals surface area contributed by atoms with Crippen molar-refractivity contribution in [1.82, 2.24) is 9.88 Å². The van der Waals surface area contributed by atoms with Gasteiger partial charge in [0.1, 0.15) is 6.61 Å². The summed E-state index contributed by atoms with van der Waals surface area (Å²) in [6.45, 7) is 4.60. The zero-order chi connectivity index (χ0) is 20.9. The topological polar surface area (TPSA) is 77.7 Å². The van der Waals surface area contributed by atoms with E-state index >= 15 is 0 Å². The smallest absolute Gasteiger partial charge is 0.410 e. The predicted molar refractivity (Wildman–Crippen MR) is 116 cm³/mol. The van der Waals surface area contributed by atoms with Crippen LogP contribution < -0.4 is 10.5 Å². The molecule has 1 aromatic heterocycles. The normalized spacial score (nSPS) is 21.3. The van der Waals surface area contributed by atoms with Gasteiger partial charge in [-0.15, -0.1) is 0 Å². The third kappa shape index (κ3) is 5.23. The fourth-order valence-corrected chi connectivity index (χ4v) is 4.54. The first-order chi connectivity index (χ1) is 14.6. The fourth-order valence-electron chi connectivity index (χ4n) is 4.54. The number of aryl methyl sites for hydroxylation is 1. The lowest BCUT2D eigenvalue weighted by Gasteiger charge is -2.31. The van der Waals surface area contributed by atoms with Gasteiger partial charge < -0.3 is 20.1 Å². The zero-order valence-electron chi connectivity index (χ0n) is 17.6. The number of carbonyl (C=O) groups excluding carboxylic acids is 1. The van der Waals surface area contributed by atoms with Gasteiger partial charge in [0.15, 0.2) is 0 Å². The molecular formula is C24H31N3O3. The second kappa shape index (κ2) is 9.37. The Kier molecular flexibility index (Phi) is 6.41. The summed E-state index contributed by atoms with van der Waals surface area (Å²) in [6, 6.07) is 11.7. The number of pyridine rings is 1. The number of nitrogens with zero attached hydrogens (tertiary/aromatic N) is 2. The van der Waals surface area contributed by atoms with Crippen LogP contribution in [0.5, 0.6) is 5.88 Å². The molecule has 1 aliphatic carbocycles. The van der Waals surface area contributed by atoms with E-state index in [1.165, 1.54) is 6.42 Å². The van der Waals surface area contributed by atoms with Crippen LogP contribution in [0.4, 0.5) is 10.5 Å². The van der Waals surface area contributed by atoms with Crippen molar-refractivity contribution >= 4 is 11.8 Å². The molecule has 2 heterocycles. The number of hydrogen-bond donors (Lipinski definition) is 1. The summed E-state index contributed by atoms with van der Waals surface area (Å²) in [4.78, 5) is 18.4. The Bertz CT molecular complexity index is 850. The van der Waals surface area contributed by atoms with Crippen molar-refractivity contribution in [2.45, 2.75) is 39.2 Å². The lowest BCUT2D eigenvalue weighted by Crippen LogP contribution is -2.39. The number of nitrogens with two attached hydrogens (primary N) is 1. The van der Waals surface area contributed by atoms with E-state index < -0.39 is 0 Å². The number of aromatic nitrogens is 1. The minimum atomic E-state index is -0.190. The molecule has 2 aliphatic rings. The average Bonchev–Trinajstić information content (AvgIpc) is 3.54. The molecular weight excluding hydrogens is 378 g/mol. The molecule has 6 nitrogen and oxygen atoms in total. The number of anilines is 1. The van der Waals surface area contributed by atoms with Crippen molar-refractivity contribution in [3.8, 4) is 5.88 Å². The van der Waals surface area contributed by atoms with Gasteiger partial charge in [0.2, 0.25) is 5.88 Å². The summed E-state index contributed by atoms with van der Waals surface area (Å²) in [5.74, 6) is 2.91. The fraction of sp³-hybridized carbons (Fsp3) is 0.500. The van der Waals surface area contributed by atoms with Crippen molar-refractivity contribution in [2.24, 2.45) is 17.8 Å². The summed E-state index contributed by atoms with van der Waals surface area (Å²) in [5.41, 5.74) is 8.40. The molecule has 160 valence electrons. The molecule has 30 heavy (non-hydrogen) atoms. The van der Waals surface area contributed by atoms with Gasteiger partial charge in [-0.05, 0) is 62.0 Å². The maximum absolute atomic E-state index is 12.3. The molecule has 0 bridgehead atoms. The molecule has 2 fully saturated rings. The predicted octanol–water partition coefficient (Wildman–Crippen LogP) is 4.43. The Hall–Kier alpha value is -2.76. The maximum Gasteiger partial charge on any atom is 0.410 e. The summed E-state index contributed by atoms with van der Waals surface area (Å²) in [6.07, 6.45) is 5.93. The first kappa shape index (κ1) is 20.5. The van der Waals surface area contributed by atoms with E-state index in [1.807, 2.05) is 48.2 Å². The van der Waals surface area contributed by atoms with E-state index in [0.717, 1.165) is 55.3 Å². The Balaban J connectivity index is 1.13. The summed E-state index contributed by atoms with van der Waals surface area (Å²) < 4.78 is 11.3. The average molecular weight is 410 g/mol. The highest BCUT2D eigenvalue weighted by atomic mass is 16.6. The number of rotatable bonds is 7. The van der Waals surface area contributed by atoms with Crippen molar-refractivity contribution in [2.75, 3.05) is 25.4 Å². The third-order valence-electron chi connectivity index (χ3n) is 6.36. The highest BCUT2D eigenvalue weighted by Crippen LogP contribution is 2.49. The largest absolute Gasteiger partial charge is 0.477 e.